The molecule has 0 radical (unpaired) electrons. The molecule has 0 saturated carbocycles. The Bertz CT molecular complexity index is 1870. The van der Waals surface area contributed by atoms with E-state index in [2.05, 4.69) is 169 Å². The molecule has 44 heavy (non-hydrogen) atoms. The molecule has 6 aromatic carbocycles. The van der Waals surface area contributed by atoms with Crippen molar-refractivity contribution in [1.82, 2.24) is 0 Å². The number of hydrogen-bond acceptors (Lipinski definition) is 0. The SMILES string of the molecule is Cc1cc(C)c(B(c2cccc3c2C(c2ccccc2)(c2ccccc2)c2ccccc2-3)c2c(C)cc(C)cc2C)c(C)c1. The normalized spacial score (nSPS) is 13.0. The molecule has 0 N–H and O–H groups in total. The van der Waals surface area contributed by atoms with Crippen molar-refractivity contribution in [2.45, 2.75) is 47.0 Å². The molecule has 1 heteroatoms. The smallest absolute Gasteiger partial charge is 0.0666 e. The molecule has 214 valence electrons. The van der Waals surface area contributed by atoms with E-state index < -0.39 is 5.41 Å². The van der Waals surface area contributed by atoms with Crippen LogP contribution in [0.25, 0.3) is 11.1 Å². The average Bonchev–Trinajstić information content (AvgIpc) is 3.32. The van der Waals surface area contributed by atoms with Crippen molar-refractivity contribution < 1.29 is 0 Å². The maximum Gasteiger partial charge on any atom is 0.243 e. The first-order chi connectivity index (χ1) is 21.3. The molecule has 0 spiro atoms. The molecule has 7 rings (SSSR count). The van der Waals surface area contributed by atoms with Crippen molar-refractivity contribution in [2.75, 3.05) is 0 Å². The van der Waals surface area contributed by atoms with E-state index in [1.54, 1.807) is 0 Å². The molecule has 1 aliphatic rings. The summed E-state index contributed by atoms with van der Waals surface area (Å²) in [6.07, 6.45) is 0. The summed E-state index contributed by atoms with van der Waals surface area (Å²) in [4.78, 5) is 0. The van der Waals surface area contributed by atoms with Crippen LogP contribution in [0.2, 0.25) is 0 Å². The van der Waals surface area contributed by atoms with Crippen LogP contribution in [-0.2, 0) is 5.41 Å². The van der Waals surface area contributed by atoms with Crippen LogP contribution in [0.3, 0.4) is 0 Å². The molecule has 0 atom stereocenters. The maximum absolute atomic E-state index is 2.42. The van der Waals surface area contributed by atoms with Crippen LogP contribution in [0.1, 0.15) is 55.6 Å². The zero-order valence-corrected chi connectivity index (χ0v) is 26.7. The molecule has 0 bridgehead atoms. The summed E-state index contributed by atoms with van der Waals surface area (Å²) in [6, 6.07) is 48.0. The van der Waals surface area contributed by atoms with Gasteiger partial charge in [-0.3, -0.25) is 0 Å². The van der Waals surface area contributed by atoms with Gasteiger partial charge in [-0.15, -0.1) is 0 Å². The quantitative estimate of drug-likeness (QED) is 0.184. The molecule has 0 heterocycles. The lowest BCUT2D eigenvalue weighted by atomic mass is 9.32. The third-order valence-corrected chi connectivity index (χ3v) is 9.87. The molecular weight excluding hydrogens is 527 g/mol. The van der Waals surface area contributed by atoms with E-state index in [4.69, 9.17) is 0 Å². The Morgan fingerprint density at radius 1 is 0.432 bits per heavy atom. The second kappa shape index (κ2) is 10.8. The lowest BCUT2D eigenvalue weighted by Crippen LogP contribution is -2.58. The minimum absolute atomic E-state index is 0.0762. The van der Waals surface area contributed by atoms with Gasteiger partial charge in [0.15, 0.2) is 0 Å². The number of hydrogen-bond donors (Lipinski definition) is 0. The van der Waals surface area contributed by atoms with Crippen LogP contribution >= 0.6 is 0 Å². The summed E-state index contributed by atoms with van der Waals surface area (Å²) in [5.41, 5.74) is 19.8. The third kappa shape index (κ3) is 4.21. The van der Waals surface area contributed by atoms with Crippen LogP contribution in [0, 0.1) is 41.5 Å². The summed E-state index contributed by atoms with van der Waals surface area (Å²) >= 11 is 0. The molecule has 0 aromatic heterocycles. The first-order valence-electron chi connectivity index (χ1n) is 15.8. The van der Waals surface area contributed by atoms with Crippen molar-refractivity contribution in [3.63, 3.8) is 0 Å². The summed E-state index contributed by atoms with van der Waals surface area (Å²) in [6.45, 7) is 13.7. The Morgan fingerprint density at radius 2 is 0.864 bits per heavy atom. The van der Waals surface area contributed by atoms with Gasteiger partial charge in [0, 0.05) is 0 Å². The van der Waals surface area contributed by atoms with Crippen LogP contribution in [-0.4, -0.2) is 6.71 Å². The van der Waals surface area contributed by atoms with E-state index in [0.717, 1.165) is 0 Å². The van der Waals surface area contributed by atoms with Gasteiger partial charge in [0.25, 0.3) is 0 Å². The van der Waals surface area contributed by atoms with Crippen LogP contribution in [0.4, 0.5) is 0 Å². The number of benzene rings is 6. The largest absolute Gasteiger partial charge is 0.243 e. The van der Waals surface area contributed by atoms with Crippen molar-refractivity contribution in [2.24, 2.45) is 0 Å². The highest BCUT2D eigenvalue weighted by molar-refractivity contribution is 6.97. The van der Waals surface area contributed by atoms with Crippen LogP contribution in [0.15, 0.2) is 127 Å². The van der Waals surface area contributed by atoms with Crippen molar-refractivity contribution in [3.8, 4) is 11.1 Å². The number of fused-ring (bicyclic) bond motifs is 3. The molecular formula is C43H39B. The predicted molar refractivity (Wildman–Crippen MR) is 190 cm³/mol. The van der Waals surface area contributed by atoms with E-state index in [1.807, 2.05) is 0 Å². The van der Waals surface area contributed by atoms with Crippen molar-refractivity contribution >= 4 is 23.1 Å². The summed E-state index contributed by atoms with van der Waals surface area (Å²) in [7, 11) is 0. The lowest BCUT2D eigenvalue weighted by molar-refractivity contribution is 0.773. The fourth-order valence-electron chi connectivity index (χ4n) is 8.52. The Labute approximate surface area is 263 Å². The van der Waals surface area contributed by atoms with E-state index in [-0.39, 0.29) is 6.71 Å². The van der Waals surface area contributed by atoms with Gasteiger partial charge in [0.2, 0.25) is 6.71 Å². The Hall–Kier alpha value is -4.62. The maximum atomic E-state index is 2.42. The van der Waals surface area contributed by atoms with Crippen molar-refractivity contribution in [3.05, 3.63) is 183 Å². The lowest BCUT2D eigenvalue weighted by Gasteiger charge is -2.37. The third-order valence-electron chi connectivity index (χ3n) is 9.87. The second-order valence-corrected chi connectivity index (χ2v) is 12.9. The molecule has 0 fully saturated rings. The first kappa shape index (κ1) is 28.2. The Balaban J connectivity index is 1.68. The van der Waals surface area contributed by atoms with Gasteiger partial charge >= 0.3 is 0 Å². The highest BCUT2D eigenvalue weighted by Gasteiger charge is 2.49. The minimum atomic E-state index is -0.456. The van der Waals surface area contributed by atoms with E-state index >= 15 is 0 Å². The van der Waals surface area contributed by atoms with E-state index in [1.165, 1.54) is 83.1 Å². The number of aryl methyl sites for hydroxylation is 6. The first-order valence-corrected chi connectivity index (χ1v) is 15.8. The average molecular weight is 567 g/mol. The zero-order chi connectivity index (χ0) is 30.6. The fraction of sp³-hybridized carbons (Fsp3) is 0.163. The van der Waals surface area contributed by atoms with Crippen molar-refractivity contribution in [1.29, 1.82) is 0 Å². The summed E-state index contributed by atoms with van der Waals surface area (Å²) in [5.74, 6) is 0. The predicted octanol–water partition coefficient (Wildman–Crippen LogP) is 8.42. The van der Waals surface area contributed by atoms with Gasteiger partial charge in [-0.2, -0.15) is 0 Å². The monoisotopic (exact) mass is 566 g/mol. The topological polar surface area (TPSA) is 0 Å². The Kier molecular flexibility index (Phi) is 6.93. The fourth-order valence-corrected chi connectivity index (χ4v) is 8.52. The summed E-state index contributed by atoms with van der Waals surface area (Å²) < 4.78 is 0. The van der Waals surface area contributed by atoms with Crippen LogP contribution < -0.4 is 16.4 Å². The molecule has 6 aromatic rings. The molecule has 0 amide bonds. The standard InChI is InChI=1S/C43H39B/c1-28-24-30(3)41(31(4)25-28)44(42-32(5)26-29(2)27-33(42)6)39-23-15-21-37-36-20-13-14-22-38(36)43(40(37)39,34-16-9-7-10-17-34)35-18-11-8-12-19-35/h7-27H,1-6H3. The van der Waals surface area contributed by atoms with Gasteiger partial charge in [-0.1, -0.05) is 177 Å². The summed E-state index contributed by atoms with van der Waals surface area (Å²) in [5, 5.41) is 0. The van der Waals surface area contributed by atoms with Gasteiger partial charge in [0.05, 0.1) is 5.41 Å². The zero-order valence-electron chi connectivity index (χ0n) is 26.7. The van der Waals surface area contributed by atoms with Gasteiger partial charge in [-0.05, 0) is 74.9 Å². The van der Waals surface area contributed by atoms with Crippen LogP contribution in [0.5, 0.6) is 0 Å². The number of rotatable bonds is 5. The van der Waals surface area contributed by atoms with Gasteiger partial charge in [0.1, 0.15) is 0 Å². The highest BCUT2D eigenvalue weighted by atomic mass is 14.5. The Morgan fingerprint density at radius 3 is 1.36 bits per heavy atom. The van der Waals surface area contributed by atoms with Gasteiger partial charge in [-0.25, -0.2) is 0 Å². The van der Waals surface area contributed by atoms with Gasteiger partial charge < -0.3 is 0 Å². The molecule has 1 aliphatic carbocycles. The highest BCUT2D eigenvalue weighted by Crippen LogP contribution is 2.55. The van der Waals surface area contributed by atoms with E-state index in [0.29, 0.717) is 0 Å². The van der Waals surface area contributed by atoms with E-state index in [9.17, 15) is 0 Å². The minimum Gasteiger partial charge on any atom is -0.0666 e. The molecule has 0 unspecified atom stereocenters. The molecule has 0 aliphatic heterocycles. The molecule has 0 nitrogen and oxygen atoms in total. The second-order valence-electron chi connectivity index (χ2n) is 12.9. The molecule has 0 saturated heterocycles.